The molecule has 36 heavy (non-hydrogen) atoms. The van der Waals surface area contributed by atoms with E-state index in [9.17, 15) is 0 Å². The van der Waals surface area contributed by atoms with E-state index in [1.165, 1.54) is 54.6 Å². The van der Waals surface area contributed by atoms with E-state index in [2.05, 4.69) is 0 Å². The van der Waals surface area contributed by atoms with Crippen molar-refractivity contribution in [3.8, 4) is 17.2 Å². The van der Waals surface area contributed by atoms with Crippen molar-refractivity contribution in [3.63, 3.8) is 0 Å². The molecule has 0 amide bonds. The summed E-state index contributed by atoms with van der Waals surface area (Å²) in [5.74, 6) is -0.625. The van der Waals surface area contributed by atoms with Gasteiger partial charge in [-0.25, -0.2) is 0 Å². The van der Waals surface area contributed by atoms with E-state index >= 15 is 0 Å². The molecule has 0 atom stereocenters. The van der Waals surface area contributed by atoms with Gasteiger partial charge in [-0.15, -0.1) is 0 Å². The fourth-order valence-corrected chi connectivity index (χ4v) is 2.34. The van der Waals surface area contributed by atoms with Crippen molar-refractivity contribution in [1.82, 2.24) is 0 Å². The van der Waals surface area contributed by atoms with Crippen molar-refractivity contribution in [2.24, 2.45) is 0 Å². The van der Waals surface area contributed by atoms with Crippen LogP contribution in [0.3, 0.4) is 0 Å². The second kappa shape index (κ2) is 16.5. The van der Waals surface area contributed by atoms with Crippen molar-refractivity contribution < 1.29 is 78.2 Å². The van der Waals surface area contributed by atoms with Crippen LogP contribution in [0, 0.1) is 27.8 Å². The molecule has 0 aliphatic carbocycles. The number of phenolic OH excluding ortho intramolecular Hbond substituents is 3. The molecule has 0 heterocycles. The number of aromatic hydroxyl groups is 3. The van der Waals surface area contributed by atoms with Crippen LogP contribution in [0.5, 0.6) is 17.2 Å². The van der Waals surface area contributed by atoms with Gasteiger partial charge in [-0.3, -0.25) is 0 Å². The maximum absolute atomic E-state index is 9.06. The molecule has 3 aromatic carbocycles. The van der Waals surface area contributed by atoms with Crippen LogP contribution in [-0.2, 0) is 4.47 Å². The van der Waals surface area contributed by atoms with Crippen LogP contribution in [-0.4, -0.2) is 46.0 Å². The summed E-state index contributed by atoms with van der Waals surface area (Å²) in [4.78, 5) is 0. The van der Waals surface area contributed by atoms with Crippen LogP contribution >= 0.6 is 0 Å². The zero-order valence-electron chi connectivity index (χ0n) is 18.5. The monoisotopic (exact) mass is 735 g/mol. The van der Waals surface area contributed by atoms with Gasteiger partial charge in [0.15, 0.2) is 18.9 Å². The van der Waals surface area contributed by atoms with Gasteiger partial charge in [-0.2, -0.15) is 0 Å². The third kappa shape index (κ3) is 12.0. The van der Waals surface area contributed by atoms with Gasteiger partial charge in [0.2, 0.25) is 0 Å². The van der Waals surface area contributed by atoms with Crippen molar-refractivity contribution in [2.45, 2.75) is 18.9 Å². The summed E-state index contributed by atoms with van der Waals surface area (Å²) in [6, 6.07) is 12.3. The Morgan fingerprint density at radius 3 is 0.833 bits per heavy atom. The van der Waals surface area contributed by atoms with E-state index < -0.39 is 46.7 Å². The summed E-state index contributed by atoms with van der Waals surface area (Å²) in [5, 5.41) is 79.1. The van der Waals surface area contributed by atoms with Crippen molar-refractivity contribution >= 4 is 17.1 Å². The standard InChI is InChI=1S/3C7H9NO3.2O.U/c3*8-4-1-2-5(7(10)11)6(9)3-4;;;/h3*1-3,7,9-11H,8H2;;;. The molecule has 0 fully saturated rings. The Bertz CT molecular complexity index is 1010. The predicted octanol–water partition coefficient (Wildman–Crippen LogP) is -0.365. The normalized spacial score (nSPS) is 9.81. The average molecular weight is 735 g/mol. The third-order valence-corrected chi connectivity index (χ3v) is 4.00. The molecule has 0 unspecified atom stereocenters. The molecule has 14 nitrogen and oxygen atoms in total. The number of benzene rings is 3. The summed E-state index contributed by atoms with van der Waals surface area (Å²) < 4.78 is 17.2. The van der Waals surface area contributed by atoms with E-state index in [1.807, 2.05) is 0 Å². The van der Waals surface area contributed by atoms with Gasteiger partial charge in [0.05, 0.1) is 0 Å². The van der Waals surface area contributed by atoms with E-state index in [-0.39, 0.29) is 33.9 Å². The molecular weight excluding hydrogens is 708 g/mol. The number of phenols is 3. The van der Waals surface area contributed by atoms with Crippen molar-refractivity contribution in [1.29, 1.82) is 0 Å². The van der Waals surface area contributed by atoms with Crippen LogP contribution in [0.4, 0.5) is 17.1 Å². The van der Waals surface area contributed by atoms with E-state index in [0.717, 1.165) is 0 Å². The van der Waals surface area contributed by atoms with E-state index in [0.29, 0.717) is 17.1 Å². The Balaban J connectivity index is 0.000000483. The number of anilines is 3. The molecule has 0 aliphatic rings. The molecular formula is C21H27N3O11U. The average Bonchev–Trinajstić information content (AvgIpc) is 2.74. The predicted molar refractivity (Wildman–Crippen MR) is 120 cm³/mol. The summed E-state index contributed by atoms with van der Waals surface area (Å²) in [6.45, 7) is 0. The molecule has 0 saturated carbocycles. The summed E-state index contributed by atoms with van der Waals surface area (Å²) >= 11 is -2.51. The molecule has 0 aliphatic heterocycles. The molecule has 3 rings (SSSR count). The summed E-state index contributed by atoms with van der Waals surface area (Å²) in [5.41, 5.74) is 17.2. The molecule has 0 bridgehead atoms. The van der Waals surface area contributed by atoms with Crippen molar-refractivity contribution in [3.05, 3.63) is 71.3 Å². The SMILES string of the molecule is Nc1ccc(C(O)O)c(O)c1.Nc1ccc(C(O)O)c(O)c1.Nc1ccc(C(O)O)c(O)c1.[O]=[U]=[O]. The van der Waals surface area contributed by atoms with Crippen LogP contribution < -0.4 is 17.2 Å². The van der Waals surface area contributed by atoms with Crippen LogP contribution in [0.15, 0.2) is 54.6 Å². The van der Waals surface area contributed by atoms with Crippen molar-refractivity contribution in [2.75, 3.05) is 17.2 Å². The number of aliphatic hydroxyl groups is 6. The zero-order chi connectivity index (χ0) is 28.0. The number of hydrogen-bond acceptors (Lipinski definition) is 14. The number of hydrogen-bond donors (Lipinski definition) is 12. The topological polar surface area (TPSA) is 294 Å². The first-order valence-electron chi connectivity index (χ1n) is 9.57. The van der Waals surface area contributed by atoms with Gasteiger partial charge in [-0.1, -0.05) is 0 Å². The first-order chi connectivity index (χ1) is 16.7. The van der Waals surface area contributed by atoms with E-state index in [4.69, 9.17) is 67.6 Å². The van der Waals surface area contributed by atoms with Gasteiger partial charge in [0.1, 0.15) is 17.2 Å². The number of aliphatic hydroxyl groups excluding tert-OH is 3. The zero-order valence-corrected chi connectivity index (χ0v) is 22.7. The molecule has 0 aromatic heterocycles. The third-order valence-electron chi connectivity index (χ3n) is 4.00. The molecule has 196 valence electrons. The fourth-order valence-electron chi connectivity index (χ4n) is 2.34. The summed E-state index contributed by atoms with van der Waals surface area (Å²) in [6.07, 6.45) is -4.97. The quantitative estimate of drug-likeness (QED) is 0.121. The van der Waals surface area contributed by atoms with Crippen LogP contribution in [0.1, 0.15) is 35.6 Å². The molecule has 3 aromatic rings. The molecule has 0 spiro atoms. The fraction of sp³-hybridized carbons (Fsp3) is 0.143. The second-order valence-corrected chi connectivity index (χ2v) is 7.35. The second-order valence-electron chi connectivity index (χ2n) is 6.66. The van der Waals surface area contributed by atoms with Crippen LogP contribution in [0.25, 0.3) is 0 Å². The summed E-state index contributed by atoms with van der Waals surface area (Å²) in [7, 11) is 0. The number of nitrogen functional groups attached to an aromatic ring is 3. The van der Waals surface area contributed by atoms with E-state index in [1.54, 1.807) is 0 Å². The Hall–Kier alpha value is -3.13. The van der Waals surface area contributed by atoms with Gasteiger partial charge in [-0.05, 0) is 36.4 Å². The Kier molecular flexibility index (Phi) is 15.1. The molecule has 0 radical (unpaired) electrons. The Morgan fingerprint density at radius 1 is 0.500 bits per heavy atom. The Labute approximate surface area is 219 Å². The number of nitrogens with two attached hydrogens (primary N) is 3. The van der Waals surface area contributed by atoms with Gasteiger partial charge in [0, 0.05) is 52.0 Å². The van der Waals surface area contributed by atoms with Gasteiger partial charge in [0.25, 0.3) is 0 Å². The molecule has 0 saturated heterocycles. The molecule has 15 heteroatoms. The maximum atomic E-state index is 9.06. The first kappa shape index (κ1) is 32.9. The Morgan fingerprint density at radius 2 is 0.694 bits per heavy atom. The van der Waals surface area contributed by atoms with Gasteiger partial charge >= 0.3 is 32.3 Å². The minimum absolute atomic E-state index is 0.0548. The first-order valence-corrected chi connectivity index (χ1v) is 13.0. The van der Waals surface area contributed by atoms with Gasteiger partial charge < -0.3 is 63.2 Å². The molecule has 15 N–H and O–H groups in total. The van der Waals surface area contributed by atoms with Crippen LogP contribution in [0.2, 0.25) is 0 Å². The minimum atomic E-state index is -2.51. The number of rotatable bonds is 3.